The lowest BCUT2D eigenvalue weighted by Gasteiger charge is -2.26. The third-order valence-corrected chi connectivity index (χ3v) is 5.11. The monoisotopic (exact) mass is 379 g/mol. The summed E-state index contributed by atoms with van der Waals surface area (Å²) in [5, 5.41) is 2.09. The molecule has 0 aromatic heterocycles. The number of nitrogens with zero attached hydrogens (tertiary/aromatic N) is 1. The van der Waals surface area contributed by atoms with Crippen molar-refractivity contribution < 1.29 is 8.78 Å². The molecule has 0 atom stereocenters. The summed E-state index contributed by atoms with van der Waals surface area (Å²) in [6.45, 7) is 3.88. The first kappa shape index (κ1) is 19.2. The standard InChI is InChI=1S/C23H19F2NS/c1-2-16-3-8-18(9-4-16)19-10-5-17(6-11-19)7-12-21-22(24)13-20(26-15-27)14-23(21)25/h2,5-6,10-11,13-14,16,18H,1,3-4,8-9H2. The van der Waals surface area contributed by atoms with Gasteiger partial charge in [-0.25, -0.2) is 8.78 Å². The van der Waals surface area contributed by atoms with Gasteiger partial charge in [0.05, 0.1) is 16.4 Å². The molecule has 4 heteroatoms. The Labute approximate surface area is 163 Å². The van der Waals surface area contributed by atoms with E-state index in [1.165, 1.54) is 18.4 Å². The summed E-state index contributed by atoms with van der Waals surface area (Å²) in [6, 6.07) is 10.1. The van der Waals surface area contributed by atoms with Gasteiger partial charge >= 0.3 is 0 Å². The van der Waals surface area contributed by atoms with Crippen LogP contribution >= 0.6 is 12.2 Å². The Kier molecular flexibility index (Phi) is 6.29. The number of hydrogen-bond acceptors (Lipinski definition) is 2. The predicted molar refractivity (Wildman–Crippen MR) is 108 cm³/mol. The maximum absolute atomic E-state index is 14.0. The predicted octanol–water partition coefficient (Wildman–Crippen LogP) is 6.56. The SMILES string of the molecule is C=CC1CCC(c2ccc(C#Cc3c(F)cc(N=C=S)cc3F)cc2)CC1. The molecule has 0 heterocycles. The second-order valence-electron chi connectivity index (χ2n) is 6.71. The van der Waals surface area contributed by atoms with E-state index in [1.807, 2.05) is 12.1 Å². The smallest absolute Gasteiger partial charge is 0.143 e. The van der Waals surface area contributed by atoms with Gasteiger partial charge in [0.1, 0.15) is 11.6 Å². The van der Waals surface area contributed by atoms with Crippen LogP contribution in [0, 0.1) is 29.4 Å². The van der Waals surface area contributed by atoms with Crippen LogP contribution < -0.4 is 0 Å². The first-order chi connectivity index (χ1) is 13.1. The third kappa shape index (κ3) is 4.77. The van der Waals surface area contributed by atoms with Crippen molar-refractivity contribution in [3.05, 3.63) is 77.4 Å². The minimum absolute atomic E-state index is 0.0843. The largest absolute Gasteiger partial charge is 0.205 e. The molecule has 1 aliphatic carbocycles. The van der Waals surface area contributed by atoms with Gasteiger partial charge in [0, 0.05) is 17.7 Å². The minimum atomic E-state index is -0.762. The molecule has 27 heavy (non-hydrogen) atoms. The molecule has 0 saturated heterocycles. The first-order valence-corrected chi connectivity index (χ1v) is 9.33. The van der Waals surface area contributed by atoms with Gasteiger partial charge in [0.15, 0.2) is 0 Å². The minimum Gasteiger partial charge on any atom is -0.205 e. The maximum Gasteiger partial charge on any atom is 0.143 e. The van der Waals surface area contributed by atoms with Crippen LogP contribution in [-0.4, -0.2) is 5.16 Å². The van der Waals surface area contributed by atoms with Crippen LogP contribution in [0.1, 0.15) is 48.3 Å². The van der Waals surface area contributed by atoms with E-state index in [1.54, 1.807) is 0 Å². The number of allylic oxidation sites excluding steroid dienone is 1. The molecule has 2 aromatic carbocycles. The number of isothiocyanates is 1. The van der Waals surface area contributed by atoms with Crippen molar-refractivity contribution in [3.8, 4) is 11.8 Å². The highest BCUT2D eigenvalue weighted by Gasteiger charge is 2.20. The Balaban J connectivity index is 1.75. The average Bonchev–Trinajstić information content (AvgIpc) is 2.68. The summed E-state index contributed by atoms with van der Waals surface area (Å²) in [5.74, 6) is 5.09. The molecule has 0 spiro atoms. The molecule has 1 aliphatic rings. The molecule has 0 amide bonds. The van der Waals surface area contributed by atoms with Crippen molar-refractivity contribution in [2.75, 3.05) is 0 Å². The van der Waals surface area contributed by atoms with Gasteiger partial charge in [-0.2, -0.15) is 4.99 Å². The van der Waals surface area contributed by atoms with Gasteiger partial charge < -0.3 is 0 Å². The molecular formula is C23H19F2NS. The first-order valence-electron chi connectivity index (χ1n) is 8.92. The highest BCUT2D eigenvalue weighted by Crippen LogP contribution is 2.36. The second-order valence-corrected chi connectivity index (χ2v) is 6.89. The van der Waals surface area contributed by atoms with Crippen molar-refractivity contribution in [1.82, 2.24) is 0 Å². The summed E-state index contributed by atoms with van der Waals surface area (Å²) in [7, 11) is 0. The summed E-state index contributed by atoms with van der Waals surface area (Å²) in [6.07, 6.45) is 6.74. The van der Waals surface area contributed by atoms with Crippen molar-refractivity contribution >= 4 is 23.1 Å². The normalized spacial score (nSPS) is 18.7. The van der Waals surface area contributed by atoms with Gasteiger partial charge in [-0.15, -0.1) is 6.58 Å². The molecule has 1 fully saturated rings. The molecule has 0 bridgehead atoms. The van der Waals surface area contributed by atoms with E-state index < -0.39 is 11.6 Å². The topological polar surface area (TPSA) is 12.4 Å². The second kappa shape index (κ2) is 8.86. The van der Waals surface area contributed by atoms with E-state index >= 15 is 0 Å². The lowest BCUT2D eigenvalue weighted by molar-refractivity contribution is 0.376. The van der Waals surface area contributed by atoms with Gasteiger partial charge in [0.2, 0.25) is 0 Å². The van der Waals surface area contributed by atoms with Crippen LogP contribution in [0.15, 0.2) is 54.0 Å². The average molecular weight is 379 g/mol. The fourth-order valence-corrected chi connectivity index (χ4v) is 3.56. The van der Waals surface area contributed by atoms with E-state index in [4.69, 9.17) is 0 Å². The van der Waals surface area contributed by atoms with Crippen LogP contribution in [0.25, 0.3) is 0 Å². The quantitative estimate of drug-likeness (QED) is 0.255. The van der Waals surface area contributed by atoms with E-state index in [-0.39, 0.29) is 11.3 Å². The summed E-state index contributed by atoms with van der Waals surface area (Å²) < 4.78 is 28.1. The van der Waals surface area contributed by atoms with Crippen LogP contribution in [0.3, 0.4) is 0 Å². The van der Waals surface area contributed by atoms with E-state index in [2.05, 4.69) is 59.0 Å². The number of thiocarbonyl (C=S) groups is 1. The van der Waals surface area contributed by atoms with Crippen molar-refractivity contribution in [1.29, 1.82) is 0 Å². The van der Waals surface area contributed by atoms with E-state index in [0.717, 1.165) is 30.5 Å². The van der Waals surface area contributed by atoms with Crippen molar-refractivity contribution in [2.24, 2.45) is 10.9 Å². The van der Waals surface area contributed by atoms with E-state index in [9.17, 15) is 8.78 Å². The number of hydrogen-bond donors (Lipinski definition) is 0. The lowest BCUT2D eigenvalue weighted by atomic mass is 9.79. The zero-order chi connectivity index (χ0) is 19.2. The Hall–Kier alpha value is -2.60. The molecule has 0 aliphatic heterocycles. The Bertz CT molecular complexity index is 916. The molecule has 0 radical (unpaired) electrons. The molecule has 1 saturated carbocycles. The number of aliphatic imine (C=N–C) groups is 1. The Morgan fingerprint density at radius 1 is 1.00 bits per heavy atom. The van der Waals surface area contributed by atoms with Crippen LogP contribution in [0.2, 0.25) is 0 Å². The lowest BCUT2D eigenvalue weighted by Crippen LogP contribution is -2.11. The van der Waals surface area contributed by atoms with Gasteiger partial charge in [-0.3, -0.25) is 0 Å². The maximum atomic E-state index is 14.0. The Morgan fingerprint density at radius 3 is 2.19 bits per heavy atom. The Morgan fingerprint density at radius 2 is 1.63 bits per heavy atom. The van der Waals surface area contributed by atoms with Gasteiger partial charge in [-0.05, 0) is 67.4 Å². The van der Waals surface area contributed by atoms with Crippen LogP contribution in [0.4, 0.5) is 14.5 Å². The highest BCUT2D eigenvalue weighted by atomic mass is 32.1. The summed E-state index contributed by atoms with van der Waals surface area (Å²) in [4.78, 5) is 3.58. The number of rotatable bonds is 3. The zero-order valence-corrected chi connectivity index (χ0v) is 15.7. The summed E-state index contributed by atoms with van der Waals surface area (Å²) >= 11 is 4.44. The van der Waals surface area contributed by atoms with Crippen molar-refractivity contribution in [3.63, 3.8) is 0 Å². The fourth-order valence-electron chi connectivity index (χ4n) is 3.46. The molecule has 1 nitrogen and oxygen atoms in total. The summed E-state index contributed by atoms with van der Waals surface area (Å²) in [5.41, 5.74) is 1.83. The zero-order valence-electron chi connectivity index (χ0n) is 14.8. The van der Waals surface area contributed by atoms with Gasteiger partial charge in [0.25, 0.3) is 0 Å². The third-order valence-electron chi connectivity index (χ3n) is 5.02. The molecule has 3 rings (SSSR count). The van der Waals surface area contributed by atoms with Crippen LogP contribution in [-0.2, 0) is 0 Å². The van der Waals surface area contributed by atoms with Crippen molar-refractivity contribution in [2.45, 2.75) is 31.6 Å². The number of benzene rings is 2. The molecule has 0 N–H and O–H groups in total. The molecular weight excluding hydrogens is 360 g/mol. The van der Waals surface area contributed by atoms with Gasteiger partial charge in [-0.1, -0.05) is 30.0 Å². The molecule has 2 aromatic rings. The molecule has 136 valence electrons. The highest BCUT2D eigenvalue weighted by molar-refractivity contribution is 7.78. The van der Waals surface area contributed by atoms with Crippen LogP contribution in [0.5, 0.6) is 0 Å². The number of halogens is 2. The van der Waals surface area contributed by atoms with E-state index in [0.29, 0.717) is 11.8 Å². The molecule has 0 unspecified atom stereocenters. The fraction of sp³-hybridized carbons (Fsp3) is 0.261.